The molecule has 0 N–H and O–H groups in total. The molecule has 0 amide bonds. The molecule has 0 aromatic heterocycles. The molecule has 1 aromatic rings. The van der Waals surface area contributed by atoms with Crippen molar-refractivity contribution in [3.8, 4) is 0 Å². The van der Waals surface area contributed by atoms with E-state index >= 15 is 0 Å². The molecule has 2 heterocycles. The first kappa shape index (κ1) is 14.9. The lowest BCUT2D eigenvalue weighted by Gasteiger charge is -2.39. The van der Waals surface area contributed by atoms with Crippen molar-refractivity contribution in [3.05, 3.63) is 29.8 Å². The van der Waals surface area contributed by atoms with E-state index in [2.05, 4.69) is 60.1 Å². The molecule has 0 aliphatic carbocycles. The fraction of sp³-hybridized carbons (Fsp3) is 0.667. The van der Waals surface area contributed by atoms with Crippen molar-refractivity contribution < 1.29 is 0 Å². The second-order valence-electron chi connectivity index (χ2n) is 7.32. The van der Waals surface area contributed by atoms with Crippen LogP contribution < -0.4 is 4.90 Å². The normalized spacial score (nSPS) is 22.8. The van der Waals surface area contributed by atoms with Crippen LogP contribution >= 0.6 is 0 Å². The fourth-order valence-electron chi connectivity index (χ4n) is 3.91. The van der Waals surface area contributed by atoms with Crippen LogP contribution in [0.1, 0.15) is 24.8 Å². The van der Waals surface area contributed by atoms with Crippen LogP contribution in [0.2, 0.25) is 0 Å². The summed E-state index contributed by atoms with van der Waals surface area (Å²) in [5.41, 5.74) is 3.37. The maximum atomic E-state index is 2.63. The van der Waals surface area contributed by atoms with E-state index in [0.717, 1.165) is 6.54 Å². The second-order valence-corrected chi connectivity index (χ2v) is 7.32. The summed E-state index contributed by atoms with van der Waals surface area (Å²) >= 11 is 0. The van der Waals surface area contributed by atoms with E-state index in [1.807, 2.05) is 0 Å². The summed E-state index contributed by atoms with van der Waals surface area (Å²) in [5, 5.41) is 0. The summed E-state index contributed by atoms with van der Waals surface area (Å²) in [5.74, 6) is 0. The van der Waals surface area contributed by atoms with E-state index in [4.69, 9.17) is 0 Å². The molecule has 1 aromatic carbocycles. The molecule has 0 unspecified atom stereocenters. The molecule has 3 rings (SSSR count). The number of hydrogen-bond acceptors (Lipinski definition) is 3. The van der Waals surface area contributed by atoms with Gasteiger partial charge in [0.1, 0.15) is 0 Å². The Morgan fingerprint density at radius 1 is 1.00 bits per heavy atom. The van der Waals surface area contributed by atoms with Gasteiger partial charge in [-0.05, 0) is 69.1 Å². The Labute approximate surface area is 129 Å². The zero-order valence-corrected chi connectivity index (χ0v) is 13.8. The average molecular weight is 287 g/mol. The van der Waals surface area contributed by atoms with Gasteiger partial charge in [-0.1, -0.05) is 12.1 Å². The van der Waals surface area contributed by atoms with Gasteiger partial charge in [-0.25, -0.2) is 0 Å². The summed E-state index contributed by atoms with van der Waals surface area (Å²) in [4.78, 5) is 7.30. The molecule has 2 saturated heterocycles. The van der Waals surface area contributed by atoms with Crippen LogP contribution in [0.5, 0.6) is 0 Å². The van der Waals surface area contributed by atoms with Crippen molar-refractivity contribution in [1.82, 2.24) is 9.80 Å². The van der Waals surface area contributed by atoms with Crippen LogP contribution in [0.15, 0.2) is 24.3 Å². The predicted octanol–water partition coefficient (Wildman–Crippen LogP) is 2.67. The first-order chi connectivity index (χ1) is 10.1. The third-order valence-electron chi connectivity index (χ3n) is 5.40. The molecule has 21 heavy (non-hydrogen) atoms. The monoisotopic (exact) mass is 287 g/mol. The van der Waals surface area contributed by atoms with Gasteiger partial charge in [-0.3, -0.25) is 4.90 Å². The molecule has 116 valence electrons. The maximum absolute atomic E-state index is 2.63. The first-order valence-electron chi connectivity index (χ1n) is 8.24. The van der Waals surface area contributed by atoms with Gasteiger partial charge >= 0.3 is 0 Å². The minimum absolute atomic E-state index is 0.639. The summed E-state index contributed by atoms with van der Waals surface area (Å²) in [6.07, 6.45) is 4.18. The molecular formula is C18H29N3. The molecule has 0 radical (unpaired) electrons. The zero-order valence-electron chi connectivity index (χ0n) is 13.8. The second kappa shape index (κ2) is 5.98. The molecule has 1 spiro atoms. The van der Waals surface area contributed by atoms with Crippen LogP contribution in [0, 0.1) is 5.41 Å². The smallest absolute Gasteiger partial charge is 0.0361 e. The lowest BCUT2D eigenvalue weighted by molar-refractivity contribution is 0.105. The molecule has 0 bridgehead atoms. The summed E-state index contributed by atoms with van der Waals surface area (Å²) in [6.45, 7) is 6.26. The van der Waals surface area contributed by atoms with Crippen molar-refractivity contribution in [2.45, 2.75) is 25.8 Å². The Morgan fingerprint density at radius 3 is 2.14 bits per heavy atom. The minimum Gasteiger partial charge on any atom is -0.378 e. The maximum Gasteiger partial charge on any atom is 0.0361 e. The van der Waals surface area contributed by atoms with Crippen LogP contribution in [-0.4, -0.2) is 57.1 Å². The van der Waals surface area contributed by atoms with E-state index in [9.17, 15) is 0 Å². The predicted molar refractivity (Wildman–Crippen MR) is 89.8 cm³/mol. The van der Waals surface area contributed by atoms with E-state index in [-0.39, 0.29) is 0 Å². The Balaban J connectivity index is 1.53. The average Bonchev–Trinajstić information content (AvgIpc) is 2.83. The largest absolute Gasteiger partial charge is 0.378 e. The highest BCUT2D eigenvalue weighted by atomic mass is 15.2. The van der Waals surface area contributed by atoms with Crippen molar-refractivity contribution >= 4 is 5.69 Å². The summed E-state index contributed by atoms with van der Waals surface area (Å²) < 4.78 is 0. The molecule has 2 fully saturated rings. The summed E-state index contributed by atoms with van der Waals surface area (Å²) in [6, 6.07) is 9.02. The zero-order chi connectivity index (χ0) is 14.9. The van der Waals surface area contributed by atoms with E-state index in [1.54, 1.807) is 0 Å². The topological polar surface area (TPSA) is 9.72 Å². The number of piperidine rings is 1. The fourth-order valence-corrected chi connectivity index (χ4v) is 3.91. The Kier molecular flexibility index (Phi) is 4.23. The van der Waals surface area contributed by atoms with Gasteiger partial charge in [0.15, 0.2) is 0 Å². The van der Waals surface area contributed by atoms with Crippen molar-refractivity contribution in [3.63, 3.8) is 0 Å². The molecular weight excluding hydrogens is 258 g/mol. The molecule has 2 aliphatic heterocycles. The van der Waals surface area contributed by atoms with E-state index in [1.165, 1.54) is 56.7 Å². The SMILES string of the molecule is CN1CCC2(CCN(Cc3ccc(N(C)C)cc3)CC2)C1. The number of benzene rings is 1. The minimum atomic E-state index is 0.639. The Morgan fingerprint density at radius 2 is 1.62 bits per heavy atom. The molecule has 3 nitrogen and oxygen atoms in total. The number of hydrogen-bond donors (Lipinski definition) is 0. The lowest BCUT2D eigenvalue weighted by Crippen LogP contribution is -2.40. The number of anilines is 1. The number of rotatable bonds is 3. The van der Waals surface area contributed by atoms with Crippen molar-refractivity contribution in [2.24, 2.45) is 5.41 Å². The van der Waals surface area contributed by atoms with Crippen LogP contribution in [0.3, 0.4) is 0 Å². The van der Waals surface area contributed by atoms with Gasteiger partial charge < -0.3 is 9.80 Å². The molecule has 3 heteroatoms. The first-order valence-corrected chi connectivity index (χ1v) is 8.24. The molecule has 2 aliphatic rings. The van der Waals surface area contributed by atoms with E-state index < -0.39 is 0 Å². The Hall–Kier alpha value is -1.06. The standard InChI is InChI=1S/C18H29N3/c1-19(2)17-6-4-16(5-7-17)14-21-12-9-18(10-13-21)8-11-20(3)15-18/h4-7H,8-15H2,1-3H3. The van der Waals surface area contributed by atoms with Gasteiger partial charge in [0.05, 0.1) is 0 Å². The van der Waals surface area contributed by atoms with Crippen LogP contribution in [0.25, 0.3) is 0 Å². The van der Waals surface area contributed by atoms with Gasteiger partial charge in [0.25, 0.3) is 0 Å². The Bertz CT molecular complexity index is 458. The third-order valence-corrected chi connectivity index (χ3v) is 5.40. The molecule has 0 saturated carbocycles. The van der Waals surface area contributed by atoms with Gasteiger partial charge in [0, 0.05) is 32.9 Å². The van der Waals surface area contributed by atoms with Crippen LogP contribution in [0.4, 0.5) is 5.69 Å². The highest BCUT2D eigenvalue weighted by Crippen LogP contribution is 2.39. The highest BCUT2D eigenvalue weighted by Gasteiger charge is 2.39. The van der Waals surface area contributed by atoms with Gasteiger partial charge in [-0.2, -0.15) is 0 Å². The van der Waals surface area contributed by atoms with Crippen molar-refractivity contribution in [1.29, 1.82) is 0 Å². The van der Waals surface area contributed by atoms with Crippen molar-refractivity contribution in [2.75, 3.05) is 52.2 Å². The molecule has 0 atom stereocenters. The van der Waals surface area contributed by atoms with Crippen LogP contribution in [-0.2, 0) is 6.54 Å². The van der Waals surface area contributed by atoms with Gasteiger partial charge in [-0.15, -0.1) is 0 Å². The van der Waals surface area contributed by atoms with E-state index in [0.29, 0.717) is 5.41 Å². The lowest BCUT2D eigenvalue weighted by atomic mass is 9.78. The number of likely N-dealkylation sites (tertiary alicyclic amines) is 2. The quantitative estimate of drug-likeness (QED) is 0.846. The van der Waals surface area contributed by atoms with Gasteiger partial charge in [0.2, 0.25) is 0 Å². The number of nitrogens with zero attached hydrogens (tertiary/aromatic N) is 3. The summed E-state index contributed by atoms with van der Waals surface area (Å²) in [7, 11) is 6.46. The third kappa shape index (κ3) is 3.41. The highest BCUT2D eigenvalue weighted by molar-refractivity contribution is 5.45.